The minimum atomic E-state index is -2.51. The van der Waals surface area contributed by atoms with E-state index in [2.05, 4.69) is 74.5 Å². The van der Waals surface area contributed by atoms with E-state index in [-0.39, 0.29) is 0 Å². The first-order valence-corrected chi connectivity index (χ1v) is 23.3. The first-order chi connectivity index (χ1) is 21.6. The van der Waals surface area contributed by atoms with Crippen LogP contribution in [0.4, 0.5) is 0 Å². The third kappa shape index (κ3) is 19.0. The molecule has 0 unspecified atom stereocenters. The molecule has 0 aliphatic carbocycles. The first-order valence-electron chi connectivity index (χ1n) is 19.4. The molecule has 0 fully saturated rings. The van der Waals surface area contributed by atoms with Crippen LogP contribution < -0.4 is 0 Å². The number of hydrogen-bond acceptors (Lipinski definition) is 0. The molecule has 252 valence electrons. The van der Waals surface area contributed by atoms with Crippen molar-refractivity contribution >= 4 is 17.2 Å². The van der Waals surface area contributed by atoms with Crippen molar-refractivity contribution in [3.63, 3.8) is 0 Å². The SMILES string of the molecule is CCCCCCCCCCCCCCP(Cl)(CCCCCCCCCCCCCC)(Cc1ccccc1)Cc1ccccc1. The molecule has 0 saturated carbocycles. The van der Waals surface area contributed by atoms with Crippen molar-refractivity contribution in [1.29, 1.82) is 0 Å². The predicted octanol–water partition coefficient (Wildman–Crippen LogP) is 15.5. The molecule has 0 saturated heterocycles. The molecule has 0 aliphatic heterocycles. The van der Waals surface area contributed by atoms with Gasteiger partial charge in [-0.25, -0.2) is 0 Å². The van der Waals surface area contributed by atoms with Crippen LogP contribution >= 0.6 is 17.2 Å². The second-order valence-electron chi connectivity index (χ2n) is 14.3. The standard InChI is InChI=1S/C42H72ClP/c1-3-5-7-9-11-13-15-17-19-21-23-31-37-44(43,39-41-33-27-25-28-34-41,40-42-35-29-26-30-36-42)38-32-24-22-20-18-16-14-12-10-8-6-4-2/h25-30,33-36H,3-24,31-32,37-40H2,1-2H3. The van der Waals surface area contributed by atoms with Gasteiger partial charge in [0.1, 0.15) is 0 Å². The van der Waals surface area contributed by atoms with Gasteiger partial charge in [0.25, 0.3) is 0 Å². The van der Waals surface area contributed by atoms with Gasteiger partial charge in [-0.05, 0) is 0 Å². The summed E-state index contributed by atoms with van der Waals surface area (Å²) in [7, 11) is 0. The predicted molar refractivity (Wildman–Crippen MR) is 205 cm³/mol. The van der Waals surface area contributed by atoms with Gasteiger partial charge in [-0.15, -0.1) is 0 Å². The van der Waals surface area contributed by atoms with Gasteiger partial charge in [0, 0.05) is 0 Å². The first kappa shape index (κ1) is 39.3. The molecule has 0 N–H and O–H groups in total. The molecule has 0 amide bonds. The van der Waals surface area contributed by atoms with Crippen LogP contribution in [0.2, 0.25) is 0 Å². The van der Waals surface area contributed by atoms with E-state index in [1.54, 1.807) is 0 Å². The normalized spacial score (nSPS) is 12.8. The van der Waals surface area contributed by atoms with Crippen molar-refractivity contribution in [2.24, 2.45) is 0 Å². The Hall–Kier alpha value is -0.840. The van der Waals surface area contributed by atoms with Crippen LogP contribution in [0.1, 0.15) is 179 Å². The Balaban J connectivity index is 1.87. The van der Waals surface area contributed by atoms with Gasteiger partial charge in [-0.1, -0.05) is 26.7 Å². The van der Waals surface area contributed by atoms with E-state index in [1.165, 1.54) is 178 Å². The van der Waals surface area contributed by atoms with E-state index in [9.17, 15) is 0 Å². The maximum atomic E-state index is 8.26. The van der Waals surface area contributed by atoms with Crippen molar-refractivity contribution in [1.82, 2.24) is 0 Å². The van der Waals surface area contributed by atoms with Crippen LogP contribution in [0.25, 0.3) is 0 Å². The summed E-state index contributed by atoms with van der Waals surface area (Å²) in [6, 6.07) is 22.5. The topological polar surface area (TPSA) is 0 Å². The monoisotopic (exact) mass is 643 g/mol. The van der Waals surface area contributed by atoms with Crippen LogP contribution in [0, 0.1) is 0 Å². The average molecular weight is 643 g/mol. The fourth-order valence-electron chi connectivity index (χ4n) is 7.26. The maximum absolute atomic E-state index is 8.26. The van der Waals surface area contributed by atoms with Gasteiger partial charge in [-0.2, -0.15) is 0 Å². The fourth-order valence-corrected chi connectivity index (χ4v) is 14.0. The zero-order valence-electron chi connectivity index (χ0n) is 29.4. The third-order valence-corrected chi connectivity index (χ3v) is 16.9. The van der Waals surface area contributed by atoms with Gasteiger partial charge < -0.3 is 0 Å². The van der Waals surface area contributed by atoms with E-state index in [4.69, 9.17) is 11.2 Å². The molecule has 0 aromatic heterocycles. The second-order valence-corrected chi connectivity index (χ2v) is 22.4. The van der Waals surface area contributed by atoms with E-state index < -0.39 is 5.96 Å². The fraction of sp³-hybridized carbons (Fsp3) is 0.714. The Morgan fingerprint density at radius 3 is 0.886 bits per heavy atom. The van der Waals surface area contributed by atoms with Gasteiger partial charge >= 0.3 is 255 Å². The molecule has 2 aromatic rings. The average Bonchev–Trinajstić information content (AvgIpc) is 3.03. The third-order valence-electron chi connectivity index (χ3n) is 9.98. The summed E-state index contributed by atoms with van der Waals surface area (Å²) >= 11 is 8.26. The molecule has 0 nitrogen and oxygen atoms in total. The van der Waals surface area contributed by atoms with Crippen molar-refractivity contribution in [3.05, 3.63) is 71.8 Å². The summed E-state index contributed by atoms with van der Waals surface area (Å²) < 4.78 is 0. The zero-order chi connectivity index (χ0) is 31.5. The summed E-state index contributed by atoms with van der Waals surface area (Å²) in [6.45, 7) is 4.61. The summed E-state index contributed by atoms with van der Waals surface area (Å²) in [5.41, 5.74) is 2.91. The van der Waals surface area contributed by atoms with E-state index >= 15 is 0 Å². The van der Waals surface area contributed by atoms with Crippen molar-refractivity contribution < 1.29 is 0 Å². The number of unbranched alkanes of at least 4 members (excludes halogenated alkanes) is 22. The molecule has 0 atom stereocenters. The Morgan fingerprint density at radius 2 is 0.614 bits per heavy atom. The number of hydrogen-bond donors (Lipinski definition) is 0. The quantitative estimate of drug-likeness (QED) is 0.0587. The van der Waals surface area contributed by atoms with Crippen molar-refractivity contribution in [2.75, 3.05) is 12.3 Å². The van der Waals surface area contributed by atoms with Gasteiger partial charge in [0.2, 0.25) is 0 Å². The molecule has 0 bridgehead atoms. The number of benzene rings is 2. The molecule has 2 aromatic carbocycles. The number of rotatable bonds is 30. The van der Waals surface area contributed by atoms with Gasteiger partial charge in [0.15, 0.2) is 0 Å². The molecule has 2 heteroatoms. The molecule has 0 heterocycles. The minimum absolute atomic E-state index is 1.10. The summed E-state index contributed by atoms with van der Waals surface area (Å²) in [5, 5.41) is 0. The van der Waals surface area contributed by atoms with Gasteiger partial charge in [-0.3, -0.25) is 0 Å². The Bertz CT molecular complexity index is 821. The van der Waals surface area contributed by atoms with Gasteiger partial charge in [0.05, 0.1) is 0 Å². The van der Waals surface area contributed by atoms with E-state index in [1.807, 2.05) is 0 Å². The van der Waals surface area contributed by atoms with Crippen LogP contribution in [0.15, 0.2) is 60.7 Å². The molecule has 0 radical (unpaired) electrons. The zero-order valence-corrected chi connectivity index (χ0v) is 31.0. The molecule has 0 spiro atoms. The van der Waals surface area contributed by atoms with Crippen molar-refractivity contribution in [2.45, 2.75) is 180 Å². The van der Waals surface area contributed by atoms with Crippen LogP contribution in [0.5, 0.6) is 0 Å². The van der Waals surface area contributed by atoms with E-state index in [0.717, 1.165) is 12.3 Å². The molecular weight excluding hydrogens is 571 g/mol. The van der Waals surface area contributed by atoms with Crippen molar-refractivity contribution in [3.8, 4) is 0 Å². The summed E-state index contributed by atoms with van der Waals surface area (Å²) in [4.78, 5) is 0. The Kier molecular flexibility index (Phi) is 22.6. The van der Waals surface area contributed by atoms with Crippen LogP contribution in [0.3, 0.4) is 0 Å². The van der Waals surface area contributed by atoms with E-state index in [0.29, 0.717) is 0 Å². The Labute approximate surface area is 280 Å². The summed E-state index contributed by atoms with van der Waals surface area (Å²) in [6.07, 6.45) is 38.3. The molecule has 2 rings (SSSR count). The van der Waals surface area contributed by atoms with Crippen LogP contribution in [-0.2, 0) is 12.3 Å². The molecule has 44 heavy (non-hydrogen) atoms. The second kappa shape index (κ2) is 25.3. The molecular formula is C42H72ClP. The summed E-state index contributed by atoms with van der Waals surface area (Å²) in [5.74, 6) is -2.51. The van der Waals surface area contributed by atoms with Crippen LogP contribution in [-0.4, -0.2) is 12.3 Å². The Morgan fingerprint density at radius 1 is 0.364 bits per heavy atom. The number of halogens is 1. The molecule has 0 aliphatic rings.